The summed E-state index contributed by atoms with van der Waals surface area (Å²) in [5.74, 6) is -0.146. The lowest BCUT2D eigenvalue weighted by Gasteiger charge is -2.44. The van der Waals surface area contributed by atoms with Gasteiger partial charge in [0.25, 0.3) is 5.91 Å². The predicted molar refractivity (Wildman–Crippen MR) is 117 cm³/mol. The molecule has 2 aromatic carbocycles. The topological polar surface area (TPSA) is 54.3 Å². The van der Waals surface area contributed by atoms with E-state index in [1.54, 1.807) is 4.90 Å². The minimum atomic E-state index is -0.954. The number of carbonyl (C=O) groups excluding carboxylic acids is 2. The van der Waals surface area contributed by atoms with Crippen LogP contribution < -0.4 is 5.32 Å². The summed E-state index contributed by atoms with van der Waals surface area (Å²) in [7, 11) is 0. The van der Waals surface area contributed by atoms with Crippen LogP contribution in [0.3, 0.4) is 0 Å². The molecule has 30 heavy (non-hydrogen) atoms. The van der Waals surface area contributed by atoms with E-state index in [1.807, 2.05) is 72.2 Å². The molecule has 3 aromatic rings. The van der Waals surface area contributed by atoms with Gasteiger partial charge in [-0.1, -0.05) is 61.4 Å². The van der Waals surface area contributed by atoms with E-state index in [-0.39, 0.29) is 17.9 Å². The third-order valence-corrected chi connectivity index (χ3v) is 6.70. The number of carbonyl (C=O) groups is 2. The normalized spacial score (nSPS) is 21.8. The Morgan fingerprint density at radius 1 is 1.07 bits per heavy atom. The average molecular weight is 402 g/mol. The van der Waals surface area contributed by atoms with Crippen LogP contribution in [0.2, 0.25) is 0 Å². The number of amides is 2. The molecule has 2 aliphatic rings. The summed E-state index contributed by atoms with van der Waals surface area (Å²) in [5.41, 5.74) is 1.72. The average Bonchev–Trinajstić information content (AvgIpc) is 3.40. The molecular formula is C25H27N3O2. The van der Waals surface area contributed by atoms with Crippen LogP contribution in [0.5, 0.6) is 0 Å². The summed E-state index contributed by atoms with van der Waals surface area (Å²) in [6.45, 7) is 2.78. The van der Waals surface area contributed by atoms with Gasteiger partial charge in [-0.3, -0.25) is 9.59 Å². The van der Waals surface area contributed by atoms with Gasteiger partial charge in [-0.15, -0.1) is 0 Å². The summed E-state index contributed by atoms with van der Waals surface area (Å²) < 4.78 is 2.02. The van der Waals surface area contributed by atoms with Gasteiger partial charge in [0, 0.05) is 23.5 Å². The van der Waals surface area contributed by atoms with Gasteiger partial charge in [-0.2, -0.15) is 0 Å². The molecule has 1 atom stereocenters. The number of hydrogen-bond donors (Lipinski definition) is 1. The van der Waals surface area contributed by atoms with Crippen molar-refractivity contribution in [2.75, 3.05) is 0 Å². The molecule has 0 radical (unpaired) electrons. The summed E-state index contributed by atoms with van der Waals surface area (Å²) in [6, 6.07) is 20.1. The molecule has 1 N–H and O–H groups in total. The highest BCUT2D eigenvalue weighted by molar-refractivity contribution is 6.03. The number of benzene rings is 2. The number of para-hydroxylation sites is 1. The van der Waals surface area contributed by atoms with E-state index in [0.717, 1.165) is 42.1 Å². The molecule has 0 spiro atoms. The van der Waals surface area contributed by atoms with Gasteiger partial charge in [-0.05, 0) is 37.5 Å². The lowest BCUT2D eigenvalue weighted by Crippen LogP contribution is -2.64. The Labute approximate surface area is 176 Å². The van der Waals surface area contributed by atoms with Gasteiger partial charge in [0.05, 0.1) is 6.54 Å². The zero-order chi connectivity index (χ0) is 20.7. The van der Waals surface area contributed by atoms with Crippen molar-refractivity contribution in [2.24, 2.45) is 0 Å². The van der Waals surface area contributed by atoms with Crippen molar-refractivity contribution in [3.8, 4) is 0 Å². The fourth-order valence-electron chi connectivity index (χ4n) is 4.93. The Kier molecular flexibility index (Phi) is 4.61. The third-order valence-electron chi connectivity index (χ3n) is 6.70. The molecule has 1 aliphatic carbocycles. The summed E-state index contributed by atoms with van der Waals surface area (Å²) in [6.07, 6.45) is 4.35. The quantitative estimate of drug-likeness (QED) is 0.715. The molecule has 1 unspecified atom stereocenters. The van der Waals surface area contributed by atoms with Gasteiger partial charge < -0.3 is 14.8 Å². The van der Waals surface area contributed by atoms with Crippen molar-refractivity contribution >= 4 is 22.7 Å². The van der Waals surface area contributed by atoms with Crippen LogP contribution in [-0.4, -0.2) is 32.9 Å². The zero-order valence-corrected chi connectivity index (χ0v) is 17.3. The fourth-order valence-corrected chi connectivity index (χ4v) is 4.93. The highest BCUT2D eigenvalue weighted by atomic mass is 16.2. The number of fused-ring (bicyclic) bond motifs is 3. The fraction of sp³-hybridized carbons (Fsp3) is 0.360. The Morgan fingerprint density at radius 3 is 2.53 bits per heavy atom. The number of aromatic nitrogens is 1. The minimum absolute atomic E-state index is 0.0536. The van der Waals surface area contributed by atoms with E-state index >= 15 is 0 Å². The number of nitrogens with zero attached hydrogens (tertiary/aromatic N) is 2. The second-order valence-corrected chi connectivity index (χ2v) is 8.78. The van der Waals surface area contributed by atoms with E-state index in [1.165, 1.54) is 0 Å². The van der Waals surface area contributed by atoms with Gasteiger partial charge in [-0.25, -0.2) is 0 Å². The Balaban J connectivity index is 1.57. The Hall–Kier alpha value is -3.08. The van der Waals surface area contributed by atoms with Crippen molar-refractivity contribution < 1.29 is 9.59 Å². The molecular weight excluding hydrogens is 374 g/mol. The van der Waals surface area contributed by atoms with Crippen LogP contribution in [0.25, 0.3) is 10.9 Å². The first-order chi connectivity index (χ1) is 14.6. The third kappa shape index (κ3) is 3.09. The van der Waals surface area contributed by atoms with E-state index in [4.69, 9.17) is 0 Å². The molecule has 154 valence electrons. The van der Waals surface area contributed by atoms with Crippen LogP contribution in [0.15, 0.2) is 60.7 Å². The van der Waals surface area contributed by atoms with Gasteiger partial charge in [0.15, 0.2) is 0 Å². The highest BCUT2D eigenvalue weighted by Crippen LogP contribution is 2.34. The van der Waals surface area contributed by atoms with Crippen LogP contribution in [0, 0.1) is 0 Å². The molecule has 2 amide bonds. The van der Waals surface area contributed by atoms with Gasteiger partial charge >= 0.3 is 0 Å². The van der Waals surface area contributed by atoms with E-state index in [9.17, 15) is 9.59 Å². The van der Waals surface area contributed by atoms with Gasteiger partial charge in [0.1, 0.15) is 11.2 Å². The van der Waals surface area contributed by atoms with Crippen LogP contribution >= 0.6 is 0 Å². The number of rotatable bonds is 4. The van der Waals surface area contributed by atoms with Crippen LogP contribution in [-0.2, 0) is 17.9 Å². The molecule has 1 aliphatic heterocycles. The predicted octanol–water partition coefficient (Wildman–Crippen LogP) is 4.11. The molecule has 5 nitrogen and oxygen atoms in total. The lowest BCUT2D eigenvalue weighted by atomic mass is 9.93. The molecule has 1 fully saturated rings. The Morgan fingerprint density at radius 2 is 1.77 bits per heavy atom. The number of hydrogen-bond acceptors (Lipinski definition) is 2. The second kappa shape index (κ2) is 7.31. The van der Waals surface area contributed by atoms with Crippen molar-refractivity contribution in [1.29, 1.82) is 0 Å². The second-order valence-electron chi connectivity index (χ2n) is 8.78. The first-order valence-corrected chi connectivity index (χ1v) is 10.8. The Bertz CT molecular complexity index is 1100. The molecule has 0 saturated heterocycles. The van der Waals surface area contributed by atoms with Gasteiger partial charge in [0.2, 0.25) is 5.91 Å². The SMILES string of the molecule is CC1(C(=O)NC2CCCC2)Cn2c(cc3ccccc32)C(=O)N1Cc1ccccc1. The van der Waals surface area contributed by atoms with E-state index in [2.05, 4.69) is 5.32 Å². The van der Waals surface area contributed by atoms with E-state index in [0.29, 0.717) is 18.8 Å². The maximum Gasteiger partial charge on any atom is 0.271 e. The van der Waals surface area contributed by atoms with Crippen LogP contribution in [0.4, 0.5) is 0 Å². The maximum atomic E-state index is 13.7. The first-order valence-electron chi connectivity index (χ1n) is 10.8. The van der Waals surface area contributed by atoms with Crippen molar-refractivity contribution in [3.63, 3.8) is 0 Å². The van der Waals surface area contributed by atoms with E-state index < -0.39 is 5.54 Å². The van der Waals surface area contributed by atoms with Crippen molar-refractivity contribution in [2.45, 2.75) is 57.3 Å². The van der Waals surface area contributed by atoms with Crippen molar-refractivity contribution in [1.82, 2.24) is 14.8 Å². The number of nitrogens with one attached hydrogen (secondary N) is 1. The highest BCUT2D eigenvalue weighted by Gasteiger charge is 2.48. The minimum Gasteiger partial charge on any atom is -0.351 e. The molecule has 5 heteroatoms. The molecule has 1 aromatic heterocycles. The monoisotopic (exact) mass is 401 g/mol. The van der Waals surface area contributed by atoms with Crippen molar-refractivity contribution in [3.05, 3.63) is 71.9 Å². The standard InChI is InChI=1S/C25H27N3O2/c1-25(24(30)26-20-12-6-7-13-20)17-27-21-14-8-5-11-19(21)15-22(27)23(29)28(25)16-18-9-3-2-4-10-18/h2-5,8-11,14-15,20H,6-7,12-13,16-17H2,1H3,(H,26,30). The smallest absolute Gasteiger partial charge is 0.271 e. The molecule has 0 bridgehead atoms. The zero-order valence-electron chi connectivity index (χ0n) is 17.3. The van der Waals surface area contributed by atoms with Crippen LogP contribution in [0.1, 0.15) is 48.7 Å². The summed E-state index contributed by atoms with van der Waals surface area (Å²) >= 11 is 0. The largest absolute Gasteiger partial charge is 0.351 e. The molecule has 2 heterocycles. The lowest BCUT2D eigenvalue weighted by molar-refractivity contribution is -0.133. The summed E-state index contributed by atoms with van der Waals surface area (Å²) in [4.78, 5) is 29.0. The maximum absolute atomic E-state index is 13.7. The molecule has 1 saturated carbocycles. The molecule has 5 rings (SSSR count). The first kappa shape index (κ1) is 18.9. The summed E-state index contributed by atoms with van der Waals surface area (Å²) in [5, 5.41) is 4.28.